The van der Waals surface area contributed by atoms with Crippen LogP contribution in [0.2, 0.25) is 0 Å². The lowest BCUT2D eigenvalue weighted by molar-refractivity contribution is -0.137. The molecule has 2 N–H and O–H groups in total. The number of pyridine rings is 1. The highest BCUT2D eigenvalue weighted by Crippen LogP contribution is 2.29. The van der Waals surface area contributed by atoms with Gasteiger partial charge in [-0.2, -0.15) is 13.2 Å². The molecule has 1 aromatic rings. The molecule has 0 spiro atoms. The first-order valence-electron chi connectivity index (χ1n) is 10.8. The summed E-state index contributed by atoms with van der Waals surface area (Å²) >= 11 is 0. The third-order valence-corrected chi connectivity index (χ3v) is 6.10. The van der Waals surface area contributed by atoms with E-state index in [2.05, 4.69) is 34.4 Å². The summed E-state index contributed by atoms with van der Waals surface area (Å²) in [5, 5.41) is 6.00. The van der Waals surface area contributed by atoms with Gasteiger partial charge in [-0.3, -0.25) is 4.90 Å². The number of amides is 2. The molecule has 0 bridgehead atoms. The molecule has 0 aromatic carbocycles. The molecule has 3 rings (SSSR count). The zero-order chi connectivity index (χ0) is 21.7. The van der Waals surface area contributed by atoms with Gasteiger partial charge in [0.2, 0.25) is 0 Å². The maximum Gasteiger partial charge on any atom is 0.417 e. The van der Waals surface area contributed by atoms with Crippen molar-refractivity contribution < 1.29 is 18.0 Å². The number of urea groups is 1. The normalized spacial score (nSPS) is 22.6. The average Bonchev–Trinajstić information content (AvgIpc) is 2.72. The van der Waals surface area contributed by atoms with E-state index in [1.165, 1.54) is 18.9 Å². The van der Waals surface area contributed by atoms with Gasteiger partial charge in [0.25, 0.3) is 0 Å². The van der Waals surface area contributed by atoms with Crippen LogP contribution in [-0.2, 0) is 6.18 Å². The van der Waals surface area contributed by atoms with Gasteiger partial charge in [-0.25, -0.2) is 9.78 Å². The Hall–Kier alpha value is -2.03. The van der Waals surface area contributed by atoms with Crippen molar-refractivity contribution in [2.75, 3.05) is 37.6 Å². The molecule has 0 radical (unpaired) electrons. The van der Waals surface area contributed by atoms with E-state index in [9.17, 15) is 18.0 Å². The molecule has 9 heteroatoms. The first kappa shape index (κ1) is 22.7. The van der Waals surface area contributed by atoms with Crippen molar-refractivity contribution in [1.29, 1.82) is 0 Å². The van der Waals surface area contributed by atoms with Crippen LogP contribution in [-0.4, -0.2) is 60.7 Å². The minimum Gasteiger partial charge on any atom is -0.356 e. The van der Waals surface area contributed by atoms with E-state index >= 15 is 0 Å². The first-order chi connectivity index (χ1) is 14.2. The fourth-order valence-electron chi connectivity index (χ4n) is 4.23. The largest absolute Gasteiger partial charge is 0.417 e. The fourth-order valence-corrected chi connectivity index (χ4v) is 4.23. The lowest BCUT2D eigenvalue weighted by atomic mass is 9.99. The lowest BCUT2D eigenvalue weighted by Gasteiger charge is -2.36. The van der Waals surface area contributed by atoms with E-state index in [0.717, 1.165) is 38.2 Å². The highest BCUT2D eigenvalue weighted by molar-refractivity contribution is 5.74. The number of likely N-dealkylation sites (tertiary alicyclic amines) is 1. The van der Waals surface area contributed by atoms with Crippen LogP contribution in [0.3, 0.4) is 0 Å². The second-order valence-corrected chi connectivity index (χ2v) is 8.61. The molecule has 1 aromatic heterocycles. The van der Waals surface area contributed by atoms with Crippen molar-refractivity contribution in [3.8, 4) is 0 Å². The van der Waals surface area contributed by atoms with Gasteiger partial charge >= 0.3 is 12.2 Å². The SMILES string of the molecule is CC1CCCN(C(C)CNC(=O)NC2CCN(c3ccc(C(F)(F)F)cn3)CC2)C1. The Morgan fingerprint density at radius 1 is 1.23 bits per heavy atom. The monoisotopic (exact) mass is 427 g/mol. The first-order valence-corrected chi connectivity index (χ1v) is 10.8. The summed E-state index contributed by atoms with van der Waals surface area (Å²) in [6.07, 6.45) is 0.448. The van der Waals surface area contributed by atoms with Gasteiger partial charge in [-0.1, -0.05) is 6.92 Å². The van der Waals surface area contributed by atoms with Crippen LogP contribution in [0, 0.1) is 5.92 Å². The van der Waals surface area contributed by atoms with Crippen LogP contribution >= 0.6 is 0 Å². The van der Waals surface area contributed by atoms with Crippen molar-refractivity contribution in [2.24, 2.45) is 5.92 Å². The third kappa shape index (κ3) is 6.23. The Morgan fingerprint density at radius 3 is 2.57 bits per heavy atom. The van der Waals surface area contributed by atoms with E-state index < -0.39 is 11.7 Å². The number of carbonyl (C=O) groups is 1. The summed E-state index contributed by atoms with van der Waals surface area (Å²) in [6.45, 7) is 8.50. The summed E-state index contributed by atoms with van der Waals surface area (Å²) < 4.78 is 38.0. The molecule has 168 valence electrons. The lowest BCUT2D eigenvalue weighted by Crippen LogP contribution is -2.51. The summed E-state index contributed by atoms with van der Waals surface area (Å²) in [5.41, 5.74) is -0.743. The van der Waals surface area contributed by atoms with Gasteiger partial charge in [0.1, 0.15) is 5.82 Å². The summed E-state index contributed by atoms with van der Waals surface area (Å²) in [6, 6.07) is 2.68. The molecule has 2 atom stereocenters. The molecule has 0 aliphatic carbocycles. The Morgan fingerprint density at radius 2 is 1.97 bits per heavy atom. The number of nitrogens with zero attached hydrogens (tertiary/aromatic N) is 3. The Kier molecular flexibility index (Phi) is 7.44. The maximum atomic E-state index is 12.7. The highest BCUT2D eigenvalue weighted by Gasteiger charge is 2.31. The molecular formula is C21H32F3N5O. The molecule has 0 saturated carbocycles. The van der Waals surface area contributed by atoms with Gasteiger partial charge in [0.15, 0.2) is 0 Å². The second-order valence-electron chi connectivity index (χ2n) is 8.61. The zero-order valence-electron chi connectivity index (χ0n) is 17.7. The molecule has 2 aliphatic rings. The number of halogens is 3. The number of hydrogen-bond acceptors (Lipinski definition) is 4. The van der Waals surface area contributed by atoms with Gasteiger partial charge in [-0.15, -0.1) is 0 Å². The standard InChI is InChI=1S/C21H32F3N5O/c1-15-4-3-9-29(14-15)16(2)12-26-20(30)27-18-7-10-28(11-8-18)19-6-5-17(13-25-19)21(22,23)24/h5-6,13,15-16,18H,3-4,7-12,14H2,1-2H3,(H2,26,27,30). The number of piperidine rings is 2. The molecular weight excluding hydrogens is 395 g/mol. The van der Waals surface area contributed by atoms with Crippen molar-refractivity contribution in [2.45, 2.75) is 57.8 Å². The highest BCUT2D eigenvalue weighted by atomic mass is 19.4. The van der Waals surface area contributed by atoms with Crippen LogP contribution in [0.15, 0.2) is 18.3 Å². The van der Waals surface area contributed by atoms with Crippen molar-refractivity contribution in [3.05, 3.63) is 23.9 Å². The summed E-state index contributed by atoms with van der Waals surface area (Å²) in [7, 11) is 0. The number of anilines is 1. The van der Waals surface area contributed by atoms with Crippen LogP contribution in [0.4, 0.5) is 23.8 Å². The molecule has 2 fully saturated rings. The van der Waals surface area contributed by atoms with Gasteiger partial charge in [-0.05, 0) is 57.2 Å². The number of hydrogen-bond donors (Lipinski definition) is 2. The minimum absolute atomic E-state index is 0.0565. The maximum absolute atomic E-state index is 12.7. The van der Waals surface area contributed by atoms with Gasteiger partial charge in [0.05, 0.1) is 5.56 Å². The average molecular weight is 428 g/mol. The predicted molar refractivity (Wildman–Crippen MR) is 110 cm³/mol. The number of aromatic nitrogens is 1. The molecule has 2 aliphatic heterocycles. The van der Waals surface area contributed by atoms with Crippen molar-refractivity contribution in [1.82, 2.24) is 20.5 Å². The van der Waals surface area contributed by atoms with E-state index in [1.54, 1.807) is 0 Å². The van der Waals surface area contributed by atoms with Crippen LogP contribution in [0.25, 0.3) is 0 Å². The van der Waals surface area contributed by atoms with Crippen molar-refractivity contribution in [3.63, 3.8) is 0 Å². The Labute approximate surface area is 176 Å². The van der Waals surface area contributed by atoms with Gasteiger partial charge in [0, 0.05) is 44.5 Å². The van der Waals surface area contributed by atoms with E-state index in [4.69, 9.17) is 0 Å². The van der Waals surface area contributed by atoms with Crippen LogP contribution in [0.1, 0.15) is 45.1 Å². The molecule has 3 heterocycles. The zero-order valence-corrected chi connectivity index (χ0v) is 17.7. The van der Waals surface area contributed by atoms with Crippen molar-refractivity contribution >= 4 is 11.8 Å². The van der Waals surface area contributed by atoms with E-state index in [0.29, 0.717) is 37.4 Å². The quantitative estimate of drug-likeness (QED) is 0.755. The molecule has 2 saturated heterocycles. The smallest absolute Gasteiger partial charge is 0.356 e. The number of carbonyl (C=O) groups excluding carboxylic acids is 1. The number of rotatable bonds is 5. The number of alkyl halides is 3. The van der Waals surface area contributed by atoms with Gasteiger partial charge < -0.3 is 15.5 Å². The minimum atomic E-state index is -4.38. The molecule has 6 nitrogen and oxygen atoms in total. The molecule has 2 unspecified atom stereocenters. The van der Waals surface area contributed by atoms with E-state index in [1.807, 2.05) is 4.90 Å². The summed E-state index contributed by atoms with van der Waals surface area (Å²) in [4.78, 5) is 20.6. The fraction of sp³-hybridized carbons (Fsp3) is 0.714. The van der Waals surface area contributed by atoms with Crippen LogP contribution < -0.4 is 15.5 Å². The summed E-state index contributed by atoms with van der Waals surface area (Å²) in [5.74, 6) is 1.25. The third-order valence-electron chi connectivity index (χ3n) is 6.10. The second kappa shape index (κ2) is 9.85. The van der Waals surface area contributed by atoms with E-state index in [-0.39, 0.29) is 12.1 Å². The predicted octanol–water partition coefficient (Wildman–Crippen LogP) is 3.49. The Balaban J connectivity index is 1.38. The molecule has 30 heavy (non-hydrogen) atoms. The van der Waals surface area contributed by atoms with Crippen LogP contribution in [0.5, 0.6) is 0 Å². The topological polar surface area (TPSA) is 60.5 Å². The Bertz CT molecular complexity index is 689. The molecule has 2 amide bonds. The number of nitrogens with one attached hydrogen (secondary N) is 2.